The number of fused-ring (bicyclic) bond motifs is 1. The summed E-state index contributed by atoms with van der Waals surface area (Å²) in [4.78, 5) is 28.7. The number of carbonyl (C=O) groups is 2. The zero-order valence-electron chi connectivity index (χ0n) is 22.6. The number of Topliss-reactive ketones (excluding diaryl/α,β-unsaturated/α-hetero) is 1. The Kier molecular flexibility index (Phi) is 8.10. The van der Waals surface area contributed by atoms with Crippen molar-refractivity contribution in [2.45, 2.75) is 52.5 Å². The summed E-state index contributed by atoms with van der Waals surface area (Å²) in [6, 6.07) is 13.6. The van der Waals surface area contributed by atoms with Gasteiger partial charge in [-0.2, -0.15) is 0 Å². The minimum absolute atomic E-state index is 0.0559. The maximum atomic E-state index is 13.8. The molecule has 1 aliphatic carbocycles. The molecule has 0 radical (unpaired) electrons. The summed E-state index contributed by atoms with van der Waals surface area (Å²) >= 11 is 0. The van der Waals surface area contributed by atoms with Crippen LogP contribution >= 0.6 is 0 Å². The van der Waals surface area contributed by atoms with Gasteiger partial charge in [0.1, 0.15) is 0 Å². The molecule has 2 aromatic carbocycles. The van der Waals surface area contributed by atoms with Crippen molar-refractivity contribution >= 4 is 11.9 Å². The molecule has 1 unspecified atom stereocenters. The molecule has 0 bridgehead atoms. The van der Waals surface area contributed by atoms with Crippen LogP contribution in [0.1, 0.15) is 56.3 Å². The van der Waals surface area contributed by atoms with Gasteiger partial charge in [-0.15, -0.1) is 0 Å². The molecule has 1 heterocycles. The van der Waals surface area contributed by atoms with E-state index in [0.29, 0.717) is 43.0 Å². The van der Waals surface area contributed by atoms with Crippen molar-refractivity contribution in [2.24, 2.45) is 5.41 Å². The molecule has 1 N–H and O–H groups in total. The second-order valence-corrected chi connectivity index (χ2v) is 10.4. The molecule has 1 aliphatic heterocycles. The third kappa shape index (κ3) is 5.76. The summed E-state index contributed by atoms with van der Waals surface area (Å²) in [6.45, 7) is 7.44. The molecule has 37 heavy (non-hydrogen) atoms. The molecule has 1 atom stereocenters. The van der Waals surface area contributed by atoms with Crippen molar-refractivity contribution in [3.63, 3.8) is 0 Å². The predicted octanol–water partition coefficient (Wildman–Crippen LogP) is 5.24. The number of nitrogens with zero attached hydrogens (tertiary/aromatic N) is 1. The summed E-state index contributed by atoms with van der Waals surface area (Å²) in [7, 11) is 3.20. The van der Waals surface area contributed by atoms with Crippen LogP contribution in [0.15, 0.2) is 53.7 Å². The Bertz CT molecular complexity index is 1170. The van der Waals surface area contributed by atoms with E-state index in [0.717, 1.165) is 29.7 Å². The number of hydrogen-bond acceptors (Lipinski definition) is 6. The molecule has 4 rings (SSSR count). The molecule has 0 saturated heterocycles. The topological polar surface area (TPSA) is 77.1 Å². The first-order valence-electron chi connectivity index (χ1n) is 13.0. The molecule has 2 aromatic rings. The van der Waals surface area contributed by atoms with Gasteiger partial charge >= 0.3 is 6.09 Å². The maximum Gasteiger partial charge on any atom is 0.410 e. The summed E-state index contributed by atoms with van der Waals surface area (Å²) in [6.07, 6.45) is 2.19. The van der Waals surface area contributed by atoms with Gasteiger partial charge in [0.15, 0.2) is 17.3 Å². The number of ether oxygens (including phenoxy) is 3. The largest absolute Gasteiger partial charge is 0.493 e. The first-order chi connectivity index (χ1) is 17.8. The SMILES string of the molecule is CCOC(=O)N1CCc2cc(OC)c(OC)cc2C1C1=C(NCCc2ccccc2)CC(C)(C)CC1=O. The highest BCUT2D eigenvalue weighted by Crippen LogP contribution is 2.46. The molecule has 1 amide bonds. The quantitative estimate of drug-likeness (QED) is 0.528. The summed E-state index contributed by atoms with van der Waals surface area (Å²) in [5.74, 6) is 1.26. The normalized spacial score (nSPS) is 18.8. The molecule has 0 aromatic heterocycles. The van der Waals surface area contributed by atoms with E-state index in [1.54, 1.807) is 26.0 Å². The highest BCUT2D eigenvalue weighted by Gasteiger charge is 2.43. The van der Waals surface area contributed by atoms with Gasteiger partial charge in [0, 0.05) is 30.8 Å². The van der Waals surface area contributed by atoms with E-state index in [-0.39, 0.29) is 17.8 Å². The van der Waals surface area contributed by atoms with Crippen LogP contribution in [0.2, 0.25) is 0 Å². The van der Waals surface area contributed by atoms with Gasteiger partial charge in [-0.1, -0.05) is 44.2 Å². The van der Waals surface area contributed by atoms with Gasteiger partial charge in [-0.25, -0.2) is 4.79 Å². The molecule has 2 aliphatic rings. The number of allylic oxidation sites excluding steroid dienone is 1. The summed E-state index contributed by atoms with van der Waals surface area (Å²) in [5, 5.41) is 3.60. The third-order valence-corrected chi connectivity index (χ3v) is 7.16. The highest BCUT2D eigenvalue weighted by molar-refractivity contribution is 5.99. The smallest absolute Gasteiger partial charge is 0.410 e. The number of rotatable bonds is 8. The van der Waals surface area contributed by atoms with E-state index in [4.69, 9.17) is 14.2 Å². The molecule has 0 saturated carbocycles. The Morgan fingerprint density at radius 1 is 1.08 bits per heavy atom. The van der Waals surface area contributed by atoms with Crippen LogP contribution in [-0.4, -0.2) is 50.7 Å². The number of methoxy groups -OCH3 is 2. The molecule has 0 fully saturated rings. The number of nitrogens with one attached hydrogen (secondary N) is 1. The van der Waals surface area contributed by atoms with E-state index in [1.807, 2.05) is 30.3 Å². The Labute approximate surface area is 219 Å². The Balaban J connectivity index is 1.81. The molecule has 7 heteroatoms. The van der Waals surface area contributed by atoms with E-state index in [2.05, 4.69) is 31.3 Å². The number of carbonyl (C=O) groups excluding carboxylic acids is 2. The van der Waals surface area contributed by atoms with E-state index in [9.17, 15) is 9.59 Å². The van der Waals surface area contributed by atoms with Crippen molar-refractivity contribution in [2.75, 3.05) is 33.9 Å². The second kappa shape index (κ2) is 11.3. The van der Waals surface area contributed by atoms with Gasteiger partial charge in [0.25, 0.3) is 0 Å². The summed E-state index contributed by atoms with van der Waals surface area (Å²) in [5.41, 5.74) is 4.51. The highest BCUT2D eigenvalue weighted by atomic mass is 16.6. The average molecular weight is 507 g/mol. The van der Waals surface area contributed by atoms with Crippen LogP contribution in [0.4, 0.5) is 4.79 Å². The number of amides is 1. The van der Waals surface area contributed by atoms with Gasteiger partial charge in [-0.3, -0.25) is 9.69 Å². The standard InChI is InChI=1S/C30H38N2O5/c1-6-37-29(34)32-15-13-21-16-25(35-4)26(36-5)17-22(21)28(32)27-23(18-30(2,3)19-24(27)33)31-14-12-20-10-8-7-9-11-20/h7-11,16-17,28,31H,6,12-15,18-19H2,1-5H3. The number of ketones is 1. The minimum Gasteiger partial charge on any atom is -0.493 e. The maximum absolute atomic E-state index is 13.8. The van der Waals surface area contributed by atoms with Crippen LogP contribution in [0.5, 0.6) is 11.5 Å². The van der Waals surface area contributed by atoms with Crippen molar-refractivity contribution < 1.29 is 23.8 Å². The van der Waals surface area contributed by atoms with Crippen LogP contribution in [0.3, 0.4) is 0 Å². The lowest BCUT2D eigenvalue weighted by Gasteiger charge is -2.42. The van der Waals surface area contributed by atoms with Crippen molar-refractivity contribution in [1.82, 2.24) is 10.2 Å². The number of benzene rings is 2. The molecule has 0 spiro atoms. The number of hydrogen-bond donors (Lipinski definition) is 1. The lowest BCUT2D eigenvalue weighted by Crippen LogP contribution is -2.45. The van der Waals surface area contributed by atoms with Crippen LogP contribution in [0, 0.1) is 5.41 Å². The summed E-state index contributed by atoms with van der Waals surface area (Å²) < 4.78 is 16.6. The Hall–Kier alpha value is -3.48. The van der Waals surface area contributed by atoms with E-state index >= 15 is 0 Å². The predicted molar refractivity (Wildman–Crippen MR) is 143 cm³/mol. The molecular weight excluding hydrogens is 468 g/mol. The van der Waals surface area contributed by atoms with Crippen molar-refractivity contribution in [3.8, 4) is 11.5 Å². The van der Waals surface area contributed by atoms with Gasteiger partial charge in [0.2, 0.25) is 0 Å². The molecular formula is C30H38N2O5. The fraction of sp³-hybridized carbons (Fsp3) is 0.467. The van der Waals surface area contributed by atoms with Crippen LogP contribution < -0.4 is 14.8 Å². The van der Waals surface area contributed by atoms with Gasteiger partial charge in [0.05, 0.1) is 26.9 Å². The average Bonchev–Trinajstić information content (AvgIpc) is 2.87. The Morgan fingerprint density at radius 3 is 2.46 bits per heavy atom. The van der Waals surface area contributed by atoms with E-state index in [1.165, 1.54) is 5.56 Å². The Morgan fingerprint density at radius 2 is 1.78 bits per heavy atom. The molecule has 198 valence electrons. The minimum atomic E-state index is -0.564. The van der Waals surface area contributed by atoms with Crippen molar-refractivity contribution in [3.05, 3.63) is 70.4 Å². The lowest BCUT2D eigenvalue weighted by atomic mass is 9.72. The molecule has 7 nitrogen and oxygen atoms in total. The zero-order valence-corrected chi connectivity index (χ0v) is 22.6. The van der Waals surface area contributed by atoms with Crippen LogP contribution in [0.25, 0.3) is 0 Å². The monoisotopic (exact) mass is 506 g/mol. The lowest BCUT2D eigenvalue weighted by molar-refractivity contribution is -0.118. The third-order valence-electron chi connectivity index (χ3n) is 7.16. The van der Waals surface area contributed by atoms with E-state index < -0.39 is 12.1 Å². The first kappa shape index (κ1) is 26.6. The fourth-order valence-corrected chi connectivity index (χ4v) is 5.47. The first-order valence-corrected chi connectivity index (χ1v) is 13.0. The van der Waals surface area contributed by atoms with Crippen LogP contribution in [-0.2, 0) is 22.4 Å². The van der Waals surface area contributed by atoms with Crippen molar-refractivity contribution in [1.29, 1.82) is 0 Å². The van der Waals surface area contributed by atoms with Gasteiger partial charge < -0.3 is 19.5 Å². The fourth-order valence-electron chi connectivity index (χ4n) is 5.47. The second-order valence-electron chi connectivity index (χ2n) is 10.4. The van der Waals surface area contributed by atoms with Gasteiger partial charge in [-0.05, 0) is 60.4 Å². The zero-order chi connectivity index (χ0) is 26.6.